The first-order valence-electron chi connectivity index (χ1n) is 7.55. The molecule has 1 spiro atoms. The van der Waals surface area contributed by atoms with E-state index in [1.165, 1.54) is 31.7 Å². The first-order valence-corrected chi connectivity index (χ1v) is 8.37. The third-order valence-electron chi connectivity index (χ3n) is 4.64. The molecule has 2 aromatic rings. The van der Waals surface area contributed by atoms with E-state index in [9.17, 15) is 4.39 Å². The molecule has 2 aliphatic rings. The van der Waals surface area contributed by atoms with Gasteiger partial charge >= 0.3 is 0 Å². The molecule has 0 unspecified atom stereocenters. The van der Waals surface area contributed by atoms with Crippen molar-refractivity contribution in [3.05, 3.63) is 40.7 Å². The zero-order valence-electron chi connectivity index (χ0n) is 11.9. The lowest BCUT2D eigenvalue weighted by Gasteiger charge is -2.32. The Bertz CT molecular complexity index is 650. The number of hydrogen-bond donors (Lipinski definition) is 0. The average molecular weight is 303 g/mol. The normalized spacial score (nSPS) is 20.0. The van der Waals surface area contributed by atoms with Crippen LogP contribution >= 0.6 is 11.3 Å². The van der Waals surface area contributed by atoms with Crippen LogP contribution in [0.15, 0.2) is 24.3 Å². The summed E-state index contributed by atoms with van der Waals surface area (Å²) in [5, 5.41) is 10.5. The Morgan fingerprint density at radius 3 is 2.86 bits per heavy atom. The predicted octanol–water partition coefficient (Wildman–Crippen LogP) is 3.65. The molecule has 0 radical (unpaired) electrons. The van der Waals surface area contributed by atoms with Gasteiger partial charge in [0.1, 0.15) is 10.8 Å². The Hall–Kier alpha value is -1.49. The first-order chi connectivity index (χ1) is 10.2. The summed E-state index contributed by atoms with van der Waals surface area (Å²) in [4.78, 5) is 2.37. The second-order valence-corrected chi connectivity index (χ2v) is 7.31. The summed E-state index contributed by atoms with van der Waals surface area (Å²) in [6.07, 6.45) is 5.88. The standard InChI is InChI=1S/C16H18FN3S/c17-13-5-2-1-4-12(13)10-14-18-19-15(21-14)20-9-3-6-16(11-20)7-8-16/h1-2,4-5H,3,6-11H2. The van der Waals surface area contributed by atoms with E-state index in [-0.39, 0.29) is 5.82 Å². The van der Waals surface area contributed by atoms with Crippen LogP contribution in [0.1, 0.15) is 36.3 Å². The van der Waals surface area contributed by atoms with E-state index >= 15 is 0 Å². The van der Waals surface area contributed by atoms with Gasteiger partial charge in [0.15, 0.2) is 0 Å². The maximum Gasteiger partial charge on any atom is 0.208 e. The highest BCUT2D eigenvalue weighted by Gasteiger charge is 2.45. The minimum absolute atomic E-state index is 0.163. The molecule has 1 aromatic carbocycles. The van der Waals surface area contributed by atoms with Gasteiger partial charge in [-0.25, -0.2) is 4.39 Å². The second-order valence-electron chi connectivity index (χ2n) is 6.27. The van der Waals surface area contributed by atoms with Crippen LogP contribution in [0.5, 0.6) is 0 Å². The summed E-state index contributed by atoms with van der Waals surface area (Å²) in [7, 11) is 0. The molecular weight excluding hydrogens is 285 g/mol. The summed E-state index contributed by atoms with van der Waals surface area (Å²) in [6.45, 7) is 2.21. The van der Waals surface area contributed by atoms with Crippen LogP contribution in [0.3, 0.4) is 0 Å². The van der Waals surface area contributed by atoms with E-state index in [0.717, 1.165) is 23.2 Å². The summed E-state index contributed by atoms with van der Waals surface area (Å²) in [6, 6.07) is 6.89. The lowest BCUT2D eigenvalue weighted by molar-refractivity contribution is 0.394. The summed E-state index contributed by atoms with van der Waals surface area (Å²) in [5.41, 5.74) is 1.27. The zero-order chi connectivity index (χ0) is 14.3. The Balaban J connectivity index is 1.49. The van der Waals surface area contributed by atoms with Gasteiger partial charge in [0, 0.05) is 19.5 Å². The third-order valence-corrected chi connectivity index (χ3v) is 5.63. The molecule has 2 fully saturated rings. The summed E-state index contributed by atoms with van der Waals surface area (Å²) < 4.78 is 13.7. The van der Waals surface area contributed by atoms with Gasteiger partial charge in [-0.3, -0.25) is 0 Å². The molecule has 2 heterocycles. The summed E-state index contributed by atoms with van der Waals surface area (Å²) in [5.74, 6) is -0.163. The van der Waals surface area contributed by atoms with Crippen LogP contribution in [0.2, 0.25) is 0 Å². The van der Waals surface area contributed by atoms with Gasteiger partial charge in [-0.15, -0.1) is 10.2 Å². The highest BCUT2D eigenvalue weighted by Crippen LogP contribution is 2.52. The molecule has 0 amide bonds. The number of rotatable bonds is 3. The Kier molecular flexibility index (Phi) is 3.17. The van der Waals surface area contributed by atoms with E-state index in [0.29, 0.717) is 17.4 Å². The number of anilines is 1. The number of benzene rings is 1. The SMILES string of the molecule is Fc1ccccc1Cc1nnc(N2CCCC3(CC3)C2)s1. The second kappa shape index (κ2) is 5.05. The average Bonchev–Trinajstić information content (AvgIpc) is 3.07. The van der Waals surface area contributed by atoms with Crippen molar-refractivity contribution in [2.45, 2.75) is 32.1 Å². The highest BCUT2D eigenvalue weighted by molar-refractivity contribution is 7.15. The van der Waals surface area contributed by atoms with E-state index in [2.05, 4.69) is 15.1 Å². The van der Waals surface area contributed by atoms with Gasteiger partial charge < -0.3 is 4.90 Å². The molecule has 1 aliphatic heterocycles. The van der Waals surface area contributed by atoms with Crippen molar-refractivity contribution in [3.8, 4) is 0 Å². The Morgan fingerprint density at radius 1 is 1.19 bits per heavy atom. The zero-order valence-corrected chi connectivity index (χ0v) is 12.7. The molecule has 1 aliphatic carbocycles. The fourth-order valence-corrected chi connectivity index (χ4v) is 4.09. The molecule has 110 valence electrons. The topological polar surface area (TPSA) is 29.0 Å². The Morgan fingerprint density at radius 2 is 2.05 bits per heavy atom. The molecule has 1 saturated heterocycles. The van der Waals surface area contributed by atoms with Crippen molar-refractivity contribution >= 4 is 16.5 Å². The molecule has 1 saturated carbocycles. The Labute approximate surface area is 127 Å². The molecule has 1 aromatic heterocycles. The lowest BCUT2D eigenvalue weighted by atomic mass is 9.96. The maximum atomic E-state index is 13.7. The van der Waals surface area contributed by atoms with Crippen LogP contribution in [0, 0.1) is 11.2 Å². The van der Waals surface area contributed by atoms with Crippen LogP contribution in [-0.2, 0) is 6.42 Å². The van der Waals surface area contributed by atoms with E-state index in [1.807, 2.05) is 12.1 Å². The van der Waals surface area contributed by atoms with Gasteiger partial charge in [-0.1, -0.05) is 29.5 Å². The highest BCUT2D eigenvalue weighted by atomic mass is 32.1. The van der Waals surface area contributed by atoms with Crippen LogP contribution in [0.25, 0.3) is 0 Å². The quantitative estimate of drug-likeness (QED) is 0.866. The van der Waals surface area contributed by atoms with Crippen molar-refractivity contribution in [2.75, 3.05) is 18.0 Å². The molecule has 21 heavy (non-hydrogen) atoms. The van der Waals surface area contributed by atoms with Crippen molar-refractivity contribution < 1.29 is 4.39 Å². The molecule has 0 N–H and O–H groups in total. The van der Waals surface area contributed by atoms with E-state index < -0.39 is 0 Å². The van der Waals surface area contributed by atoms with E-state index in [1.54, 1.807) is 17.4 Å². The fourth-order valence-electron chi connectivity index (χ4n) is 3.20. The molecule has 5 heteroatoms. The lowest BCUT2D eigenvalue weighted by Crippen LogP contribution is -2.36. The summed E-state index contributed by atoms with van der Waals surface area (Å²) >= 11 is 1.61. The van der Waals surface area contributed by atoms with Gasteiger partial charge in [0.2, 0.25) is 5.13 Å². The molecule has 3 nitrogen and oxygen atoms in total. The van der Waals surface area contributed by atoms with Crippen molar-refractivity contribution in [3.63, 3.8) is 0 Å². The van der Waals surface area contributed by atoms with Crippen molar-refractivity contribution in [2.24, 2.45) is 5.41 Å². The minimum atomic E-state index is -0.163. The van der Waals surface area contributed by atoms with Crippen LogP contribution < -0.4 is 4.90 Å². The smallest absolute Gasteiger partial charge is 0.208 e. The number of piperidine rings is 1. The number of halogens is 1. The first kappa shape index (κ1) is 13.2. The molecule has 0 atom stereocenters. The molecular formula is C16H18FN3S. The van der Waals surface area contributed by atoms with Crippen molar-refractivity contribution in [1.82, 2.24) is 10.2 Å². The maximum absolute atomic E-state index is 13.7. The molecule has 4 rings (SSSR count). The van der Waals surface area contributed by atoms with Gasteiger partial charge in [-0.2, -0.15) is 0 Å². The van der Waals surface area contributed by atoms with Crippen molar-refractivity contribution in [1.29, 1.82) is 0 Å². The largest absolute Gasteiger partial charge is 0.346 e. The van der Waals surface area contributed by atoms with Gasteiger partial charge in [-0.05, 0) is 42.7 Å². The van der Waals surface area contributed by atoms with E-state index in [4.69, 9.17) is 0 Å². The van der Waals surface area contributed by atoms with Crippen LogP contribution in [0.4, 0.5) is 9.52 Å². The van der Waals surface area contributed by atoms with Gasteiger partial charge in [0.25, 0.3) is 0 Å². The number of aromatic nitrogens is 2. The monoisotopic (exact) mass is 303 g/mol. The van der Waals surface area contributed by atoms with Crippen LogP contribution in [-0.4, -0.2) is 23.3 Å². The van der Waals surface area contributed by atoms with Gasteiger partial charge in [0.05, 0.1) is 0 Å². The minimum Gasteiger partial charge on any atom is -0.346 e. The predicted molar refractivity (Wildman–Crippen MR) is 82.2 cm³/mol. The number of nitrogens with zero attached hydrogens (tertiary/aromatic N) is 3. The third kappa shape index (κ3) is 2.67. The number of hydrogen-bond acceptors (Lipinski definition) is 4. The fraction of sp³-hybridized carbons (Fsp3) is 0.500. The molecule has 0 bridgehead atoms.